The number of hydrogen-bond acceptors (Lipinski definition) is 4. The molecule has 3 unspecified atom stereocenters. The van der Waals surface area contributed by atoms with E-state index in [1.165, 1.54) is 6.42 Å². The Balaban J connectivity index is 1.95. The standard InChI is InChI=1S/C19H31N3O5/c1-19(2)10-13(16(24)22-19)9-14(11-23)20-17(25)15(21-18(26)27)8-12-6-4-3-5-7-12/h11-15,21H,3-10H2,1-2H3,(H,20,25)(H,22,24)(H,26,27). The highest BCUT2D eigenvalue weighted by Crippen LogP contribution is 2.29. The lowest BCUT2D eigenvalue weighted by molar-refractivity contribution is -0.127. The molecule has 0 aromatic rings. The summed E-state index contributed by atoms with van der Waals surface area (Å²) < 4.78 is 0. The molecule has 3 amide bonds. The first-order valence-corrected chi connectivity index (χ1v) is 9.77. The number of nitrogens with one attached hydrogen (secondary N) is 3. The molecule has 152 valence electrons. The van der Waals surface area contributed by atoms with Crippen LogP contribution in [-0.2, 0) is 14.4 Å². The average molecular weight is 381 g/mol. The molecule has 0 bridgehead atoms. The number of rotatable bonds is 8. The van der Waals surface area contributed by atoms with E-state index in [0.717, 1.165) is 25.7 Å². The lowest BCUT2D eigenvalue weighted by Crippen LogP contribution is -2.51. The van der Waals surface area contributed by atoms with Crippen LogP contribution in [0.5, 0.6) is 0 Å². The number of carboxylic acid groups (broad SMARTS) is 1. The zero-order valence-corrected chi connectivity index (χ0v) is 16.1. The molecule has 27 heavy (non-hydrogen) atoms. The van der Waals surface area contributed by atoms with Crippen LogP contribution in [-0.4, -0.2) is 46.9 Å². The van der Waals surface area contributed by atoms with Gasteiger partial charge in [-0.25, -0.2) is 4.79 Å². The highest BCUT2D eigenvalue weighted by molar-refractivity contribution is 5.88. The Hall–Kier alpha value is -2.12. The maximum atomic E-state index is 12.6. The van der Waals surface area contributed by atoms with Crippen molar-refractivity contribution in [2.75, 3.05) is 0 Å². The molecule has 0 aromatic heterocycles. The van der Waals surface area contributed by atoms with E-state index in [4.69, 9.17) is 5.11 Å². The van der Waals surface area contributed by atoms with Crippen molar-refractivity contribution in [3.63, 3.8) is 0 Å². The first-order chi connectivity index (χ1) is 12.7. The highest BCUT2D eigenvalue weighted by atomic mass is 16.4. The van der Waals surface area contributed by atoms with Crippen LogP contribution < -0.4 is 16.0 Å². The molecule has 8 heteroatoms. The van der Waals surface area contributed by atoms with Crippen molar-refractivity contribution in [3.8, 4) is 0 Å². The third-order valence-corrected chi connectivity index (χ3v) is 5.53. The maximum absolute atomic E-state index is 12.6. The number of amides is 3. The third-order valence-electron chi connectivity index (χ3n) is 5.53. The molecule has 2 rings (SSSR count). The monoisotopic (exact) mass is 381 g/mol. The predicted octanol–water partition coefficient (Wildman–Crippen LogP) is 1.58. The molecule has 1 aliphatic heterocycles. The normalized spacial score (nSPS) is 24.5. The summed E-state index contributed by atoms with van der Waals surface area (Å²) in [7, 11) is 0. The molecular formula is C19H31N3O5. The molecule has 1 aliphatic carbocycles. The van der Waals surface area contributed by atoms with Gasteiger partial charge in [0, 0.05) is 11.5 Å². The summed E-state index contributed by atoms with van der Waals surface area (Å²) in [6.45, 7) is 3.83. The van der Waals surface area contributed by atoms with Gasteiger partial charge < -0.3 is 25.9 Å². The van der Waals surface area contributed by atoms with Crippen LogP contribution in [0.15, 0.2) is 0 Å². The van der Waals surface area contributed by atoms with E-state index in [2.05, 4.69) is 16.0 Å². The zero-order valence-electron chi connectivity index (χ0n) is 16.1. The van der Waals surface area contributed by atoms with Crippen LogP contribution >= 0.6 is 0 Å². The van der Waals surface area contributed by atoms with Gasteiger partial charge in [0.25, 0.3) is 0 Å². The maximum Gasteiger partial charge on any atom is 0.405 e. The molecule has 1 saturated heterocycles. The van der Waals surface area contributed by atoms with Gasteiger partial charge in [0.1, 0.15) is 12.3 Å². The van der Waals surface area contributed by atoms with Crippen molar-refractivity contribution >= 4 is 24.2 Å². The van der Waals surface area contributed by atoms with Crippen LogP contribution in [0.25, 0.3) is 0 Å². The Morgan fingerprint density at radius 2 is 1.89 bits per heavy atom. The summed E-state index contributed by atoms with van der Waals surface area (Å²) in [5.74, 6) is -0.668. The van der Waals surface area contributed by atoms with Gasteiger partial charge in [0.05, 0.1) is 6.04 Å². The molecular weight excluding hydrogens is 350 g/mol. The second-order valence-corrected chi connectivity index (χ2v) is 8.50. The van der Waals surface area contributed by atoms with E-state index >= 15 is 0 Å². The van der Waals surface area contributed by atoms with Crippen molar-refractivity contribution in [1.82, 2.24) is 16.0 Å². The van der Waals surface area contributed by atoms with Gasteiger partial charge >= 0.3 is 6.09 Å². The highest BCUT2D eigenvalue weighted by Gasteiger charge is 2.39. The summed E-state index contributed by atoms with van der Waals surface area (Å²) in [5, 5.41) is 16.8. The predicted molar refractivity (Wildman–Crippen MR) is 99.1 cm³/mol. The van der Waals surface area contributed by atoms with Crippen LogP contribution in [0.4, 0.5) is 4.79 Å². The summed E-state index contributed by atoms with van der Waals surface area (Å²) >= 11 is 0. The molecule has 0 aromatic carbocycles. The number of carbonyl (C=O) groups excluding carboxylic acids is 3. The number of aldehydes is 1. The quantitative estimate of drug-likeness (QED) is 0.475. The van der Waals surface area contributed by atoms with Gasteiger partial charge in [-0.2, -0.15) is 0 Å². The molecule has 1 heterocycles. The second kappa shape index (κ2) is 9.19. The van der Waals surface area contributed by atoms with Crippen molar-refractivity contribution in [2.24, 2.45) is 11.8 Å². The third kappa shape index (κ3) is 6.52. The topological polar surface area (TPSA) is 125 Å². The fraction of sp³-hybridized carbons (Fsp3) is 0.789. The van der Waals surface area contributed by atoms with Gasteiger partial charge in [0.2, 0.25) is 11.8 Å². The minimum Gasteiger partial charge on any atom is -0.465 e. The van der Waals surface area contributed by atoms with Crippen molar-refractivity contribution < 1.29 is 24.3 Å². The largest absolute Gasteiger partial charge is 0.465 e. The van der Waals surface area contributed by atoms with Crippen molar-refractivity contribution in [1.29, 1.82) is 0 Å². The molecule has 2 aliphatic rings. The van der Waals surface area contributed by atoms with Crippen LogP contribution in [0, 0.1) is 11.8 Å². The summed E-state index contributed by atoms with van der Waals surface area (Å²) in [5.41, 5.74) is -0.326. The summed E-state index contributed by atoms with van der Waals surface area (Å²) in [6, 6.07) is -1.70. The molecule has 0 radical (unpaired) electrons. The molecule has 3 atom stereocenters. The fourth-order valence-corrected chi connectivity index (χ4v) is 4.26. The van der Waals surface area contributed by atoms with Crippen molar-refractivity contribution in [2.45, 2.75) is 82.8 Å². The fourth-order valence-electron chi connectivity index (χ4n) is 4.26. The van der Waals surface area contributed by atoms with Gasteiger partial charge in [-0.1, -0.05) is 32.1 Å². The Bertz CT molecular complexity index is 572. The van der Waals surface area contributed by atoms with E-state index in [1.807, 2.05) is 13.8 Å². The van der Waals surface area contributed by atoms with Gasteiger partial charge in [-0.05, 0) is 39.0 Å². The first-order valence-electron chi connectivity index (χ1n) is 9.77. The zero-order chi connectivity index (χ0) is 20.0. The minimum absolute atomic E-state index is 0.122. The summed E-state index contributed by atoms with van der Waals surface area (Å²) in [4.78, 5) is 47.2. The number of hydrogen-bond donors (Lipinski definition) is 4. The second-order valence-electron chi connectivity index (χ2n) is 8.50. The Kier molecular flexibility index (Phi) is 7.21. The van der Waals surface area contributed by atoms with Crippen molar-refractivity contribution in [3.05, 3.63) is 0 Å². The van der Waals surface area contributed by atoms with E-state index in [0.29, 0.717) is 25.0 Å². The Labute approximate surface area is 159 Å². The SMILES string of the molecule is CC1(C)CC(CC(C=O)NC(=O)C(CC2CCCCC2)NC(=O)O)C(=O)N1. The van der Waals surface area contributed by atoms with Crippen LogP contribution in [0.1, 0.15) is 65.2 Å². The molecule has 1 saturated carbocycles. The smallest absolute Gasteiger partial charge is 0.405 e. The molecule has 4 N–H and O–H groups in total. The molecule has 8 nitrogen and oxygen atoms in total. The van der Waals surface area contributed by atoms with E-state index in [1.54, 1.807) is 0 Å². The van der Waals surface area contributed by atoms with Gasteiger partial charge in [-0.3, -0.25) is 9.59 Å². The van der Waals surface area contributed by atoms with Gasteiger partial charge in [-0.15, -0.1) is 0 Å². The number of carbonyl (C=O) groups is 4. The van der Waals surface area contributed by atoms with E-state index in [-0.39, 0.29) is 23.8 Å². The Morgan fingerprint density at radius 1 is 1.22 bits per heavy atom. The van der Waals surface area contributed by atoms with Crippen LogP contribution in [0.2, 0.25) is 0 Å². The lowest BCUT2D eigenvalue weighted by Gasteiger charge is -2.27. The lowest BCUT2D eigenvalue weighted by atomic mass is 9.84. The first kappa shape index (κ1) is 21.2. The van der Waals surface area contributed by atoms with Crippen LogP contribution in [0.3, 0.4) is 0 Å². The summed E-state index contributed by atoms with van der Waals surface area (Å²) in [6.07, 6.45) is 5.93. The van der Waals surface area contributed by atoms with Gasteiger partial charge in [0.15, 0.2) is 0 Å². The molecule has 2 fully saturated rings. The Morgan fingerprint density at radius 3 is 2.41 bits per heavy atom. The van der Waals surface area contributed by atoms with E-state index < -0.39 is 24.1 Å². The van der Waals surface area contributed by atoms with E-state index in [9.17, 15) is 19.2 Å². The minimum atomic E-state index is -1.26. The molecule has 0 spiro atoms. The average Bonchev–Trinajstić information content (AvgIpc) is 2.85.